The van der Waals surface area contributed by atoms with Crippen molar-refractivity contribution in [3.05, 3.63) is 53.4 Å². The van der Waals surface area contributed by atoms with Gasteiger partial charge in [-0.15, -0.1) is 0 Å². The van der Waals surface area contributed by atoms with Crippen LogP contribution < -0.4 is 0 Å². The monoisotopic (exact) mass is 234 g/mol. The number of hydrogen-bond donors (Lipinski definition) is 1. The third-order valence-electron chi connectivity index (χ3n) is 2.79. The van der Waals surface area contributed by atoms with Crippen molar-refractivity contribution in [2.24, 2.45) is 7.05 Å². The molecule has 0 amide bonds. The summed E-state index contributed by atoms with van der Waals surface area (Å²) in [6.45, 7) is 1.90. The molecule has 1 atom stereocenters. The van der Waals surface area contributed by atoms with Crippen LogP contribution >= 0.6 is 0 Å². The molecule has 0 aliphatic heterocycles. The molecule has 2 rings (SSSR count). The van der Waals surface area contributed by atoms with Crippen LogP contribution in [0.4, 0.5) is 4.39 Å². The fourth-order valence-corrected chi connectivity index (χ4v) is 1.78. The number of benzene rings is 1. The maximum absolute atomic E-state index is 13.1. The van der Waals surface area contributed by atoms with Crippen molar-refractivity contribution in [3.63, 3.8) is 0 Å². The molecule has 4 heteroatoms. The summed E-state index contributed by atoms with van der Waals surface area (Å²) in [6, 6.07) is 4.60. The SMILES string of the molecule is Cc1ccc(F)cc1CC(O)c1cn(C)cn1. The number of nitrogens with zero attached hydrogens (tertiary/aromatic N) is 2. The number of imidazole rings is 1. The summed E-state index contributed by atoms with van der Waals surface area (Å²) < 4.78 is 14.9. The molecular weight excluding hydrogens is 219 g/mol. The lowest BCUT2D eigenvalue weighted by molar-refractivity contribution is 0.173. The Bertz CT molecular complexity index is 522. The fraction of sp³-hybridized carbons (Fsp3) is 0.308. The number of halogens is 1. The summed E-state index contributed by atoms with van der Waals surface area (Å²) in [6.07, 6.45) is 3.08. The van der Waals surface area contributed by atoms with Crippen LogP contribution in [0.1, 0.15) is 22.9 Å². The van der Waals surface area contributed by atoms with E-state index in [9.17, 15) is 9.50 Å². The lowest BCUT2D eigenvalue weighted by Crippen LogP contribution is -2.04. The fourth-order valence-electron chi connectivity index (χ4n) is 1.78. The highest BCUT2D eigenvalue weighted by atomic mass is 19.1. The van der Waals surface area contributed by atoms with Crippen molar-refractivity contribution < 1.29 is 9.50 Å². The predicted molar refractivity (Wildman–Crippen MR) is 63.0 cm³/mol. The summed E-state index contributed by atoms with van der Waals surface area (Å²) in [5.41, 5.74) is 2.39. The zero-order valence-electron chi connectivity index (χ0n) is 9.89. The number of aliphatic hydroxyl groups is 1. The first-order chi connectivity index (χ1) is 8.06. The van der Waals surface area contributed by atoms with Crippen molar-refractivity contribution in [2.75, 3.05) is 0 Å². The van der Waals surface area contributed by atoms with Gasteiger partial charge in [0.15, 0.2) is 0 Å². The van der Waals surface area contributed by atoms with Crippen molar-refractivity contribution in [2.45, 2.75) is 19.4 Å². The third kappa shape index (κ3) is 2.71. The molecule has 0 aliphatic rings. The topological polar surface area (TPSA) is 38.0 Å². The Kier molecular flexibility index (Phi) is 3.24. The average molecular weight is 234 g/mol. The lowest BCUT2D eigenvalue weighted by atomic mass is 10.0. The summed E-state index contributed by atoms with van der Waals surface area (Å²) in [5, 5.41) is 10.0. The Hall–Kier alpha value is -1.68. The van der Waals surface area contributed by atoms with E-state index >= 15 is 0 Å². The van der Waals surface area contributed by atoms with E-state index < -0.39 is 6.10 Å². The van der Waals surface area contributed by atoms with E-state index in [4.69, 9.17) is 0 Å². The van der Waals surface area contributed by atoms with E-state index in [0.29, 0.717) is 12.1 Å². The molecule has 2 aromatic rings. The highest BCUT2D eigenvalue weighted by molar-refractivity contribution is 5.27. The van der Waals surface area contributed by atoms with E-state index in [0.717, 1.165) is 11.1 Å². The Labute approximate surface area is 99.5 Å². The van der Waals surface area contributed by atoms with Crippen LogP contribution in [0.2, 0.25) is 0 Å². The van der Waals surface area contributed by atoms with Crippen molar-refractivity contribution in [3.8, 4) is 0 Å². The smallest absolute Gasteiger partial charge is 0.123 e. The van der Waals surface area contributed by atoms with E-state index in [1.165, 1.54) is 12.1 Å². The number of aryl methyl sites for hydroxylation is 2. The van der Waals surface area contributed by atoms with Crippen LogP contribution in [0.3, 0.4) is 0 Å². The van der Waals surface area contributed by atoms with E-state index in [2.05, 4.69) is 4.98 Å². The van der Waals surface area contributed by atoms with Gasteiger partial charge in [-0.05, 0) is 30.2 Å². The molecule has 1 N–H and O–H groups in total. The van der Waals surface area contributed by atoms with Crippen LogP contribution in [0.25, 0.3) is 0 Å². The Morgan fingerprint density at radius 1 is 1.47 bits per heavy atom. The van der Waals surface area contributed by atoms with Gasteiger partial charge in [-0.1, -0.05) is 6.07 Å². The Balaban J connectivity index is 2.18. The Morgan fingerprint density at radius 2 is 2.24 bits per heavy atom. The molecule has 90 valence electrons. The zero-order valence-corrected chi connectivity index (χ0v) is 9.89. The van der Waals surface area contributed by atoms with Gasteiger partial charge < -0.3 is 9.67 Å². The van der Waals surface area contributed by atoms with Gasteiger partial charge in [-0.25, -0.2) is 9.37 Å². The molecule has 0 aliphatic carbocycles. The molecule has 0 fully saturated rings. The van der Waals surface area contributed by atoms with Crippen LogP contribution in [0.5, 0.6) is 0 Å². The van der Waals surface area contributed by atoms with Gasteiger partial charge in [0.1, 0.15) is 11.9 Å². The van der Waals surface area contributed by atoms with Crippen LogP contribution in [-0.4, -0.2) is 14.7 Å². The standard InChI is InChI=1S/C13H15FN2O/c1-9-3-4-11(14)5-10(9)6-13(17)12-7-16(2)8-15-12/h3-5,7-8,13,17H,6H2,1-2H3. The summed E-state index contributed by atoms with van der Waals surface area (Å²) in [5.74, 6) is -0.279. The zero-order chi connectivity index (χ0) is 12.4. The molecule has 0 bridgehead atoms. The molecule has 17 heavy (non-hydrogen) atoms. The summed E-state index contributed by atoms with van der Waals surface area (Å²) in [7, 11) is 1.84. The van der Waals surface area contributed by atoms with Crippen molar-refractivity contribution >= 4 is 0 Å². The van der Waals surface area contributed by atoms with Crippen LogP contribution in [-0.2, 0) is 13.5 Å². The minimum absolute atomic E-state index is 0.279. The van der Waals surface area contributed by atoms with Crippen LogP contribution in [0.15, 0.2) is 30.7 Å². The summed E-state index contributed by atoms with van der Waals surface area (Å²) >= 11 is 0. The maximum Gasteiger partial charge on any atom is 0.123 e. The molecule has 1 unspecified atom stereocenters. The number of hydrogen-bond acceptors (Lipinski definition) is 2. The quantitative estimate of drug-likeness (QED) is 0.883. The van der Waals surface area contributed by atoms with E-state index in [1.54, 1.807) is 23.2 Å². The van der Waals surface area contributed by atoms with Gasteiger partial charge in [0, 0.05) is 19.7 Å². The summed E-state index contributed by atoms with van der Waals surface area (Å²) in [4.78, 5) is 4.08. The van der Waals surface area contributed by atoms with Gasteiger partial charge in [0.25, 0.3) is 0 Å². The molecular formula is C13H15FN2O. The van der Waals surface area contributed by atoms with E-state index in [-0.39, 0.29) is 5.82 Å². The van der Waals surface area contributed by atoms with Gasteiger partial charge in [-0.3, -0.25) is 0 Å². The first-order valence-electron chi connectivity index (χ1n) is 5.47. The highest BCUT2D eigenvalue weighted by Crippen LogP contribution is 2.19. The largest absolute Gasteiger partial charge is 0.386 e. The Morgan fingerprint density at radius 3 is 2.88 bits per heavy atom. The second-order valence-corrected chi connectivity index (χ2v) is 4.25. The molecule has 1 aromatic carbocycles. The average Bonchev–Trinajstić information content (AvgIpc) is 2.70. The van der Waals surface area contributed by atoms with Gasteiger partial charge in [0.05, 0.1) is 12.0 Å². The highest BCUT2D eigenvalue weighted by Gasteiger charge is 2.13. The lowest BCUT2D eigenvalue weighted by Gasteiger charge is -2.10. The van der Waals surface area contributed by atoms with E-state index in [1.807, 2.05) is 14.0 Å². The maximum atomic E-state index is 13.1. The van der Waals surface area contributed by atoms with Crippen molar-refractivity contribution in [1.82, 2.24) is 9.55 Å². The van der Waals surface area contributed by atoms with Gasteiger partial charge in [-0.2, -0.15) is 0 Å². The molecule has 0 spiro atoms. The first-order valence-corrected chi connectivity index (χ1v) is 5.47. The molecule has 0 radical (unpaired) electrons. The van der Waals surface area contributed by atoms with Gasteiger partial charge in [0.2, 0.25) is 0 Å². The molecule has 0 saturated carbocycles. The minimum atomic E-state index is -0.698. The number of aliphatic hydroxyl groups excluding tert-OH is 1. The second kappa shape index (κ2) is 4.67. The molecule has 1 heterocycles. The molecule has 1 aromatic heterocycles. The molecule has 0 saturated heterocycles. The molecule has 3 nitrogen and oxygen atoms in total. The second-order valence-electron chi connectivity index (χ2n) is 4.25. The number of aromatic nitrogens is 2. The number of rotatable bonds is 3. The normalized spacial score (nSPS) is 12.7. The third-order valence-corrected chi connectivity index (χ3v) is 2.79. The minimum Gasteiger partial charge on any atom is -0.386 e. The van der Waals surface area contributed by atoms with Gasteiger partial charge >= 0.3 is 0 Å². The van der Waals surface area contributed by atoms with Crippen LogP contribution in [0, 0.1) is 12.7 Å². The van der Waals surface area contributed by atoms with Crippen molar-refractivity contribution in [1.29, 1.82) is 0 Å². The predicted octanol–water partition coefficient (Wildman–Crippen LogP) is 2.14. The first kappa shape index (κ1) is 11.8.